The number of methoxy groups -OCH3 is 2. The molecular formula is C21H17N7O3. The van der Waals surface area contributed by atoms with Gasteiger partial charge in [0.15, 0.2) is 17.1 Å². The molecule has 154 valence electrons. The van der Waals surface area contributed by atoms with E-state index in [1.165, 1.54) is 10.8 Å². The molecule has 5 rings (SSSR count). The van der Waals surface area contributed by atoms with Crippen LogP contribution in [0.4, 0.5) is 5.95 Å². The number of ether oxygens (including phenoxy) is 2. The zero-order valence-electron chi connectivity index (χ0n) is 16.7. The molecule has 3 heterocycles. The van der Waals surface area contributed by atoms with Crippen LogP contribution in [0, 0.1) is 0 Å². The number of hydrogen-bond acceptors (Lipinski definition) is 7. The number of benzene rings is 2. The van der Waals surface area contributed by atoms with Gasteiger partial charge in [-0.05, 0) is 30.3 Å². The average Bonchev–Trinajstić information content (AvgIpc) is 3.47. The summed E-state index contributed by atoms with van der Waals surface area (Å²) in [6.45, 7) is 0. The number of aromatic amines is 1. The molecule has 0 aliphatic heterocycles. The Morgan fingerprint density at radius 1 is 1.06 bits per heavy atom. The van der Waals surface area contributed by atoms with E-state index in [9.17, 15) is 4.79 Å². The minimum Gasteiger partial charge on any atom is -0.493 e. The predicted molar refractivity (Wildman–Crippen MR) is 113 cm³/mol. The highest BCUT2D eigenvalue weighted by atomic mass is 16.5. The van der Waals surface area contributed by atoms with E-state index in [0.29, 0.717) is 28.4 Å². The summed E-state index contributed by atoms with van der Waals surface area (Å²) in [7, 11) is 3.14. The fraction of sp³-hybridized carbons (Fsp3) is 0.0952. The molecule has 2 N–H and O–H groups in total. The Balaban J connectivity index is 1.54. The quantitative estimate of drug-likeness (QED) is 0.453. The van der Waals surface area contributed by atoms with E-state index in [1.807, 2.05) is 18.2 Å². The fourth-order valence-electron chi connectivity index (χ4n) is 3.30. The number of carbonyl (C=O) groups is 1. The minimum atomic E-state index is -0.328. The van der Waals surface area contributed by atoms with Crippen molar-refractivity contribution in [1.82, 2.24) is 29.8 Å². The highest BCUT2D eigenvalue weighted by Gasteiger charge is 2.15. The molecule has 10 heteroatoms. The molecule has 0 aliphatic rings. The first kappa shape index (κ1) is 18.6. The lowest BCUT2D eigenvalue weighted by molar-refractivity contribution is 0.102. The van der Waals surface area contributed by atoms with E-state index in [1.54, 1.807) is 44.7 Å². The molecule has 0 saturated carbocycles. The van der Waals surface area contributed by atoms with Crippen molar-refractivity contribution in [2.24, 2.45) is 0 Å². The molecule has 3 aromatic heterocycles. The normalized spacial score (nSPS) is 11.0. The van der Waals surface area contributed by atoms with Crippen molar-refractivity contribution in [3.63, 3.8) is 0 Å². The number of rotatable bonds is 5. The highest BCUT2D eigenvalue weighted by Crippen LogP contribution is 2.32. The summed E-state index contributed by atoms with van der Waals surface area (Å²) >= 11 is 0. The first-order valence-electron chi connectivity index (χ1n) is 9.34. The van der Waals surface area contributed by atoms with E-state index in [0.717, 1.165) is 16.5 Å². The van der Waals surface area contributed by atoms with Crippen molar-refractivity contribution in [2.75, 3.05) is 19.5 Å². The van der Waals surface area contributed by atoms with Gasteiger partial charge in [0.1, 0.15) is 6.33 Å². The predicted octanol–water partition coefficient (Wildman–Crippen LogP) is 2.94. The molecule has 0 fully saturated rings. The number of amides is 1. The summed E-state index contributed by atoms with van der Waals surface area (Å²) in [5.41, 5.74) is 3.14. The Bertz CT molecular complexity index is 1420. The monoisotopic (exact) mass is 415 g/mol. The summed E-state index contributed by atoms with van der Waals surface area (Å²) in [6.07, 6.45) is 3.10. The smallest absolute Gasteiger partial charge is 0.258 e. The maximum Gasteiger partial charge on any atom is 0.258 e. The van der Waals surface area contributed by atoms with E-state index >= 15 is 0 Å². The molecule has 2 aromatic carbocycles. The number of nitrogens with zero attached hydrogens (tertiary/aromatic N) is 5. The molecule has 0 atom stereocenters. The Morgan fingerprint density at radius 2 is 1.94 bits per heavy atom. The maximum atomic E-state index is 12.9. The lowest BCUT2D eigenvalue weighted by atomic mass is 10.1. The molecular weight excluding hydrogens is 398 g/mol. The molecule has 0 spiro atoms. The Kier molecular flexibility index (Phi) is 4.43. The number of hydrogen-bond donors (Lipinski definition) is 2. The van der Waals surface area contributed by atoms with Gasteiger partial charge in [-0.1, -0.05) is 6.07 Å². The van der Waals surface area contributed by atoms with Gasteiger partial charge < -0.3 is 9.47 Å². The van der Waals surface area contributed by atoms with Crippen LogP contribution in [-0.4, -0.2) is 49.9 Å². The second-order valence-corrected chi connectivity index (χ2v) is 6.69. The molecule has 10 nitrogen and oxygen atoms in total. The van der Waals surface area contributed by atoms with Gasteiger partial charge in [-0.2, -0.15) is 14.7 Å². The lowest BCUT2D eigenvalue weighted by Gasteiger charge is -2.11. The van der Waals surface area contributed by atoms with Gasteiger partial charge in [0, 0.05) is 22.6 Å². The highest BCUT2D eigenvalue weighted by molar-refractivity contribution is 6.05. The van der Waals surface area contributed by atoms with Crippen LogP contribution < -0.4 is 14.8 Å². The van der Waals surface area contributed by atoms with Gasteiger partial charge >= 0.3 is 0 Å². The first-order chi connectivity index (χ1) is 15.2. The van der Waals surface area contributed by atoms with Crippen LogP contribution in [0.1, 0.15) is 10.4 Å². The molecule has 31 heavy (non-hydrogen) atoms. The molecule has 0 radical (unpaired) electrons. The third-order valence-electron chi connectivity index (χ3n) is 4.88. The number of anilines is 1. The van der Waals surface area contributed by atoms with Crippen molar-refractivity contribution in [1.29, 1.82) is 0 Å². The van der Waals surface area contributed by atoms with E-state index < -0.39 is 0 Å². The summed E-state index contributed by atoms with van der Waals surface area (Å²) in [4.78, 5) is 21.7. The summed E-state index contributed by atoms with van der Waals surface area (Å²) in [6, 6.07) is 12.5. The van der Waals surface area contributed by atoms with Gasteiger partial charge in [0.25, 0.3) is 5.91 Å². The molecule has 1 amide bonds. The van der Waals surface area contributed by atoms with Crippen molar-refractivity contribution in [2.45, 2.75) is 0 Å². The topological polar surface area (TPSA) is 119 Å². The Morgan fingerprint density at radius 3 is 2.77 bits per heavy atom. The number of H-pyrrole nitrogens is 1. The standard InChI is InChI=1S/C21H17N7O3/c1-30-17-6-5-12(8-18(17)31-2)15-9-19-22-11-24-28(19)21(25-15)26-20(29)13-3-4-14-10-23-27-16(14)7-13/h3-11H,1-2H3,(H,23,27)(H,25,26,29). The largest absolute Gasteiger partial charge is 0.493 e. The van der Waals surface area contributed by atoms with Crippen molar-refractivity contribution in [3.05, 3.63) is 60.6 Å². The molecule has 0 saturated heterocycles. The van der Waals surface area contributed by atoms with Gasteiger partial charge in [-0.25, -0.2) is 9.97 Å². The second kappa shape index (κ2) is 7.41. The summed E-state index contributed by atoms with van der Waals surface area (Å²) in [5, 5.41) is 14.8. The van der Waals surface area contributed by atoms with Crippen LogP contribution in [0.25, 0.3) is 27.8 Å². The van der Waals surface area contributed by atoms with Crippen LogP contribution in [0.2, 0.25) is 0 Å². The van der Waals surface area contributed by atoms with Crippen LogP contribution in [0.5, 0.6) is 11.5 Å². The summed E-state index contributed by atoms with van der Waals surface area (Å²) in [5.74, 6) is 1.10. The number of carbonyl (C=O) groups excluding carboxylic acids is 1. The van der Waals surface area contributed by atoms with Gasteiger partial charge in [-0.15, -0.1) is 0 Å². The third-order valence-corrected chi connectivity index (χ3v) is 4.88. The molecule has 0 unspecified atom stereocenters. The second-order valence-electron chi connectivity index (χ2n) is 6.69. The molecule has 0 bridgehead atoms. The van der Waals surface area contributed by atoms with Crippen LogP contribution in [-0.2, 0) is 0 Å². The first-order valence-corrected chi connectivity index (χ1v) is 9.34. The van der Waals surface area contributed by atoms with E-state index in [4.69, 9.17) is 9.47 Å². The fourth-order valence-corrected chi connectivity index (χ4v) is 3.30. The van der Waals surface area contributed by atoms with Gasteiger partial charge in [0.05, 0.1) is 31.6 Å². The SMILES string of the molecule is COc1ccc(-c2cc3ncnn3c(NC(=O)c3ccc4cn[nH]c4c3)n2)cc1OC. The van der Waals surface area contributed by atoms with E-state index in [2.05, 4.69) is 30.6 Å². The number of fused-ring (bicyclic) bond motifs is 2. The molecule has 0 aliphatic carbocycles. The average molecular weight is 415 g/mol. The van der Waals surface area contributed by atoms with Gasteiger partial charge in [-0.3, -0.25) is 15.2 Å². The van der Waals surface area contributed by atoms with E-state index in [-0.39, 0.29) is 11.9 Å². The Labute approximate surface area is 175 Å². The molecule has 5 aromatic rings. The van der Waals surface area contributed by atoms with Crippen molar-refractivity contribution in [3.8, 4) is 22.8 Å². The summed E-state index contributed by atoms with van der Waals surface area (Å²) < 4.78 is 12.2. The maximum absolute atomic E-state index is 12.9. The van der Waals surface area contributed by atoms with Crippen LogP contribution in [0.3, 0.4) is 0 Å². The Hall–Kier alpha value is -4.47. The lowest BCUT2D eigenvalue weighted by Crippen LogP contribution is -2.16. The number of aromatic nitrogens is 6. The van der Waals surface area contributed by atoms with Crippen LogP contribution in [0.15, 0.2) is 55.0 Å². The minimum absolute atomic E-state index is 0.245. The van der Waals surface area contributed by atoms with Crippen molar-refractivity contribution < 1.29 is 14.3 Å². The number of nitrogens with one attached hydrogen (secondary N) is 2. The van der Waals surface area contributed by atoms with Gasteiger partial charge in [0.2, 0.25) is 5.95 Å². The third kappa shape index (κ3) is 3.29. The van der Waals surface area contributed by atoms with Crippen molar-refractivity contribution >= 4 is 28.4 Å². The zero-order valence-corrected chi connectivity index (χ0v) is 16.7. The van der Waals surface area contributed by atoms with Crippen LogP contribution >= 0.6 is 0 Å². The zero-order chi connectivity index (χ0) is 21.4.